The molecule has 5 rings (SSSR count). The molecular weight excluding hydrogens is 432 g/mol. The van der Waals surface area contributed by atoms with Gasteiger partial charge in [0, 0.05) is 22.5 Å². The molecule has 0 aliphatic carbocycles. The molecule has 0 spiro atoms. The fourth-order valence-electron chi connectivity index (χ4n) is 4.03. The molecule has 0 atom stereocenters. The highest BCUT2D eigenvalue weighted by atomic mass is 35.5. The van der Waals surface area contributed by atoms with Crippen LogP contribution in [0, 0.1) is 11.6 Å². The van der Waals surface area contributed by atoms with Crippen molar-refractivity contribution in [2.24, 2.45) is 0 Å². The number of rotatable bonds is 5. The van der Waals surface area contributed by atoms with Crippen molar-refractivity contribution in [2.75, 3.05) is 0 Å². The van der Waals surface area contributed by atoms with Crippen LogP contribution in [0.4, 0.5) is 8.78 Å². The number of benzene rings is 3. The Morgan fingerprint density at radius 3 is 2.56 bits per heavy atom. The topological polar surface area (TPSA) is 39.8 Å². The summed E-state index contributed by atoms with van der Waals surface area (Å²) in [5, 5.41) is 0.759. The Balaban J connectivity index is 1.68. The zero-order valence-corrected chi connectivity index (χ0v) is 17.7. The van der Waals surface area contributed by atoms with Crippen LogP contribution in [-0.4, -0.2) is 14.1 Å². The predicted molar refractivity (Wildman–Crippen MR) is 122 cm³/mol. The normalized spacial score (nSPS) is 11.5. The maximum absolute atomic E-state index is 14.5. The standard InChI is InChI=1S/C25H18ClF2N3O/c26-20-7-4-8-21(28)19(20)14-31-22-10-9-17(27)13-18(22)23-24(31)25(32)30(15-29-23)12-11-16-5-2-1-3-6-16/h1-10,13,15H,11-12,14H2. The number of fused-ring (bicyclic) bond motifs is 3. The van der Waals surface area contributed by atoms with Crippen molar-refractivity contribution in [1.29, 1.82) is 0 Å². The smallest absolute Gasteiger partial charge is 0.277 e. The van der Waals surface area contributed by atoms with Gasteiger partial charge in [0.2, 0.25) is 0 Å². The van der Waals surface area contributed by atoms with Crippen LogP contribution in [0.25, 0.3) is 21.9 Å². The van der Waals surface area contributed by atoms with E-state index in [9.17, 15) is 13.6 Å². The van der Waals surface area contributed by atoms with Gasteiger partial charge in [-0.05, 0) is 42.3 Å². The van der Waals surface area contributed by atoms with Gasteiger partial charge < -0.3 is 4.57 Å². The summed E-state index contributed by atoms with van der Waals surface area (Å²) in [4.78, 5) is 17.9. The first-order valence-electron chi connectivity index (χ1n) is 10.2. The molecule has 0 N–H and O–H groups in total. The molecule has 2 heterocycles. The number of hydrogen-bond acceptors (Lipinski definition) is 2. The largest absolute Gasteiger partial charge is 0.330 e. The Kier molecular flexibility index (Phi) is 5.23. The summed E-state index contributed by atoms with van der Waals surface area (Å²) in [7, 11) is 0. The molecule has 0 saturated heterocycles. The van der Waals surface area contributed by atoms with Gasteiger partial charge in [0.1, 0.15) is 22.7 Å². The molecule has 2 aromatic heterocycles. The summed E-state index contributed by atoms with van der Waals surface area (Å²) >= 11 is 6.25. The molecule has 0 aliphatic heterocycles. The molecule has 3 aromatic carbocycles. The third kappa shape index (κ3) is 3.56. The zero-order chi connectivity index (χ0) is 22.2. The lowest BCUT2D eigenvalue weighted by atomic mass is 10.1. The average Bonchev–Trinajstić information content (AvgIpc) is 3.10. The summed E-state index contributed by atoms with van der Waals surface area (Å²) in [6.07, 6.45) is 2.14. The fourth-order valence-corrected chi connectivity index (χ4v) is 4.25. The lowest BCUT2D eigenvalue weighted by molar-refractivity contribution is 0.602. The van der Waals surface area contributed by atoms with Crippen molar-refractivity contribution >= 4 is 33.5 Å². The summed E-state index contributed by atoms with van der Waals surface area (Å²) in [6, 6.07) is 18.5. The molecule has 4 nitrogen and oxygen atoms in total. The Labute approximate surface area is 187 Å². The van der Waals surface area contributed by atoms with Gasteiger partial charge in [0.25, 0.3) is 5.56 Å². The van der Waals surface area contributed by atoms with E-state index in [4.69, 9.17) is 11.6 Å². The van der Waals surface area contributed by atoms with E-state index in [2.05, 4.69) is 4.98 Å². The molecule has 0 saturated carbocycles. The Bertz CT molecular complexity index is 1490. The third-order valence-corrected chi connectivity index (χ3v) is 6.00. The van der Waals surface area contributed by atoms with Crippen molar-refractivity contribution in [1.82, 2.24) is 14.1 Å². The summed E-state index contributed by atoms with van der Waals surface area (Å²) in [5.41, 5.74) is 2.35. The second-order valence-electron chi connectivity index (χ2n) is 7.62. The van der Waals surface area contributed by atoms with Crippen LogP contribution < -0.4 is 5.56 Å². The number of halogens is 3. The van der Waals surface area contributed by atoms with Crippen LogP contribution in [0.5, 0.6) is 0 Å². The molecule has 0 unspecified atom stereocenters. The first-order chi connectivity index (χ1) is 15.5. The highest BCUT2D eigenvalue weighted by Crippen LogP contribution is 2.29. The van der Waals surface area contributed by atoms with Gasteiger partial charge in [-0.15, -0.1) is 0 Å². The average molecular weight is 450 g/mol. The second-order valence-corrected chi connectivity index (χ2v) is 8.03. The third-order valence-electron chi connectivity index (χ3n) is 5.65. The fraction of sp³-hybridized carbons (Fsp3) is 0.120. The number of nitrogens with zero attached hydrogens (tertiary/aromatic N) is 3. The minimum Gasteiger partial charge on any atom is -0.330 e. The van der Waals surface area contributed by atoms with Crippen molar-refractivity contribution in [2.45, 2.75) is 19.5 Å². The number of aromatic nitrogens is 3. The second kappa shape index (κ2) is 8.20. The van der Waals surface area contributed by atoms with Gasteiger partial charge in [-0.2, -0.15) is 0 Å². The van der Waals surface area contributed by atoms with Crippen molar-refractivity contribution < 1.29 is 8.78 Å². The van der Waals surface area contributed by atoms with Crippen LogP contribution in [0.1, 0.15) is 11.1 Å². The monoisotopic (exact) mass is 449 g/mol. The molecule has 0 amide bonds. The number of aryl methyl sites for hydroxylation is 2. The van der Waals surface area contributed by atoms with Gasteiger partial charge in [0.15, 0.2) is 0 Å². The van der Waals surface area contributed by atoms with E-state index in [1.807, 2.05) is 30.3 Å². The lowest BCUT2D eigenvalue weighted by Gasteiger charge is -2.11. The molecule has 5 aromatic rings. The van der Waals surface area contributed by atoms with Gasteiger partial charge in [-0.25, -0.2) is 13.8 Å². The molecular formula is C25H18ClF2N3O. The van der Waals surface area contributed by atoms with E-state index < -0.39 is 11.6 Å². The first-order valence-corrected chi connectivity index (χ1v) is 10.5. The molecule has 0 bridgehead atoms. The van der Waals surface area contributed by atoms with Crippen LogP contribution in [0.15, 0.2) is 77.9 Å². The SMILES string of the molecule is O=c1c2c(ncn1CCc1ccccc1)c1cc(F)ccc1n2Cc1c(F)cccc1Cl. The van der Waals surface area contributed by atoms with E-state index in [-0.39, 0.29) is 22.7 Å². The van der Waals surface area contributed by atoms with Crippen LogP contribution in [0.2, 0.25) is 5.02 Å². The predicted octanol–water partition coefficient (Wildman–Crippen LogP) is 5.57. The van der Waals surface area contributed by atoms with E-state index >= 15 is 0 Å². The maximum Gasteiger partial charge on any atom is 0.277 e. The van der Waals surface area contributed by atoms with Crippen LogP contribution in [0.3, 0.4) is 0 Å². The van der Waals surface area contributed by atoms with E-state index in [0.717, 1.165) is 5.56 Å². The zero-order valence-electron chi connectivity index (χ0n) is 16.9. The van der Waals surface area contributed by atoms with Crippen molar-refractivity contribution in [3.63, 3.8) is 0 Å². The lowest BCUT2D eigenvalue weighted by Crippen LogP contribution is -2.23. The maximum atomic E-state index is 14.5. The molecule has 0 radical (unpaired) electrons. The van der Waals surface area contributed by atoms with Crippen molar-refractivity contribution in [3.8, 4) is 0 Å². The molecule has 160 valence electrons. The number of hydrogen-bond donors (Lipinski definition) is 0. The summed E-state index contributed by atoms with van der Waals surface area (Å²) in [6.45, 7) is 0.457. The Hall–Kier alpha value is -3.51. The molecule has 0 aliphatic rings. The summed E-state index contributed by atoms with van der Waals surface area (Å²) < 4.78 is 31.8. The molecule has 0 fully saturated rings. The highest BCUT2D eigenvalue weighted by Gasteiger charge is 2.19. The molecule has 7 heteroatoms. The van der Waals surface area contributed by atoms with Crippen LogP contribution in [-0.2, 0) is 19.5 Å². The quantitative estimate of drug-likeness (QED) is 0.351. The minimum absolute atomic E-state index is 0.0246. The Morgan fingerprint density at radius 2 is 1.78 bits per heavy atom. The van der Waals surface area contributed by atoms with Gasteiger partial charge >= 0.3 is 0 Å². The van der Waals surface area contributed by atoms with E-state index in [1.54, 1.807) is 16.7 Å². The Morgan fingerprint density at radius 1 is 0.969 bits per heavy atom. The van der Waals surface area contributed by atoms with E-state index in [1.165, 1.54) is 35.2 Å². The minimum atomic E-state index is -0.470. The van der Waals surface area contributed by atoms with Gasteiger partial charge in [-0.1, -0.05) is 48.0 Å². The highest BCUT2D eigenvalue weighted by molar-refractivity contribution is 6.31. The van der Waals surface area contributed by atoms with Crippen molar-refractivity contribution in [3.05, 3.63) is 111 Å². The van der Waals surface area contributed by atoms with E-state index in [0.29, 0.717) is 34.9 Å². The van der Waals surface area contributed by atoms with Crippen LogP contribution >= 0.6 is 11.6 Å². The first kappa shape index (κ1) is 20.4. The molecule has 32 heavy (non-hydrogen) atoms. The summed E-state index contributed by atoms with van der Waals surface area (Å²) in [5.74, 6) is -0.904. The van der Waals surface area contributed by atoms with Gasteiger partial charge in [0.05, 0.1) is 18.4 Å². The van der Waals surface area contributed by atoms with Gasteiger partial charge in [-0.3, -0.25) is 9.36 Å².